The summed E-state index contributed by atoms with van der Waals surface area (Å²) in [5, 5.41) is 10.8. The molecule has 0 spiro atoms. The molecule has 0 aliphatic rings. The molecule has 102 valence electrons. The number of hydrogen-bond acceptors (Lipinski definition) is 3. The van der Waals surface area contributed by atoms with E-state index in [2.05, 4.69) is 52.8 Å². The molecule has 1 atom stereocenters. The maximum atomic E-state index is 5.98. The van der Waals surface area contributed by atoms with Gasteiger partial charge in [0, 0.05) is 0 Å². The van der Waals surface area contributed by atoms with Crippen molar-refractivity contribution in [1.29, 1.82) is 0 Å². The van der Waals surface area contributed by atoms with Crippen LogP contribution in [0.15, 0.2) is 48.7 Å². The van der Waals surface area contributed by atoms with Crippen LogP contribution in [0.1, 0.15) is 30.6 Å². The van der Waals surface area contributed by atoms with E-state index in [-0.39, 0.29) is 6.04 Å². The molecule has 1 aromatic heterocycles. The maximum absolute atomic E-state index is 5.98. The highest BCUT2D eigenvalue weighted by Crippen LogP contribution is 2.19. The number of fused-ring (bicyclic) bond motifs is 1. The fourth-order valence-corrected chi connectivity index (χ4v) is 2.37. The maximum Gasteiger partial charge on any atom is 0.0994 e. The van der Waals surface area contributed by atoms with Gasteiger partial charge in [-0.1, -0.05) is 54.6 Å². The molecule has 4 heteroatoms. The smallest absolute Gasteiger partial charge is 0.0994 e. The number of hydrogen-bond donors (Lipinski definition) is 1. The molecule has 1 unspecified atom stereocenters. The molecule has 4 nitrogen and oxygen atoms in total. The van der Waals surface area contributed by atoms with E-state index in [0.29, 0.717) is 6.54 Å². The quantitative estimate of drug-likeness (QED) is 0.790. The third kappa shape index (κ3) is 2.42. The van der Waals surface area contributed by atoms with E-state index in [1.165, 1.54) is 16.3 Å². The Bertz CT molecular complexity index is 712. The van der Waals surface area contributed by atoms with E-state index in [9.17, 15) is 0 Å². The molecule has 0 bridgehead atoms. The second-order valence-corrected chi connectivity index (χ2v) is 4.99. The Morgan fingerprint density at radius 2 is 1.95 bits per heavy atom. The van der Waals surface area contributed by atoms with Gasteiger partial charge in [0.15, 0.2) is 0 Å². The highest BCUT2D eigenvalue weighted by atomic mass is 15.4. The van der Waals surface area contributed by atoms with Crippen LogP contribution in [0.2, 0.25) is 0 Å². The van der Waals surface area contributed by atoms with E-state index in [4.69, 9.17) is 5.73 Å². The average Bonchev–Trinajstić information content (AvgIpc) is 2.95. The molecular formula is C16H18N4. The lowest BCUT2D eigenvalue weighted by atomic mass is 10.0. The third-order valence-corrected chi connectivity index (χ3v) is 3.59. The molecule has 3 rings (SSSR count). The van der Waals surface area contributed by atoms with Crippen LogP contribution in [0.4, 0.5) is 0 Å². The van der Waals surface area contributed by atoms with Gasteiger partial charge in [0.25, 0.3) is 0 Å². The van der Waals surface area contributed by atoms with E-state index in [0.717, 1.165) is 12.1 Å². The van der Waals surface area contributed by atoms with Crippen LogP contribution in [0.25, 0.3) is 10.8 Å². The standard InChI is InChI=1S/C16H18N4/c1-2-15(17)16-11-20(19-18-16)10-13-8-5-7-12-6-3-4-9-14(12)13/h3-9,11,15H,2,10,17H2,1H3. The van der Waals surface area contributed by atoms with Crippen LogP contribution in [0.3, 0.4) is 0 Å². The molecule has 20 heavy (non-hydrogen) atoms. The van der Waals surface area contributed by atoms with Crippen molar-refractivity contribution in [2.24, 2.45) is 5.73 Å². The first kappa shape index (κ1) is 12.8. The first-order chi connectivity index (χ1) is 9.78. The summed E-state index contributed by atoms with van der Waals surface area (Å²) in [5.41, 5.74) is 8.07. The fraction of sp³-hybridized carbons (Fsp3) is 0.250. The van der Waals surface area contributed by atoms with Crippen LogP contribution >= 0.6 is 0 Å². The van der Waals surface area contributed by atoms with Gasteiger partial charge in [0.05, 0.1) is 24.5 Å². The SMILES string of the molecule is CCC(N)c1cn(Cc2cccc3ccccc23)nn1. The summed E-state index contributed by atoms with van der Waals surface area (Å²) in [4.78, 5) is 0. The molecule has 0 saturated carbocycles. The van der Waals surface area contributed by atoms with Gasteiger partial charge in [-0.05, 0) is 22.8 Å². The summed E-state index contributed by atoms with van der Waals surface area (Å²) in [6, 6.07) is 14.7. The largest absolute Gasteiger partial charge is 0.323 e. The average molecular weight is 266 g/mol. The Kier molecular flexibility index (Phi) is 3.48. The fourth-order valence-electron chi connectivity index (χ4n) is 2.37. The highest BCUT2D eigenvalue weighted by Gasteiger charge is 2.09. The topological polar surface area (TPSA) is 56.7 Å². The van der Waals surface area contributed by atoms with Crippen LogP contribution in [0.5, 0.6) is 0 Å². The zero-order valence-electron chi connectivity index (χ0n) is 11.5. The molecule has 0 saturated heterocycles. The Hall–Kier alpha value is -2.20. The molecule has 2 N–H and O–H groups in total. The van der Waals surface area contributed by atoms with E-state index < -0.39 is 0 Å². The van der Waals surface area contributed by atoms with Gasteiger partial charge in [0.1, 0.15) is 0 Å². The predicted molar refractivity (Wildman–Crippen MR) is 80.3 cm³/mol. The van der Waals surface area contributed by atoms with Crippen molar-refractivity contribution in [1.82, 2.24) is 15.0 Å². The summed E-state index contributed by atoms with van der Waals surface area (Å²) in [5.74, 6) is 0. The molecule has 2 aromatic carbocycles. The summed E-state index contributed by atoms with van der Waals surface area (Å²) < 4.78 is 1.85. The molecule has 3 aromatic rings. The van der Waals surface area contributed by atoms with Crippen molar-refractivity contribution in [3.8, 4) is 0 Å². The molecular weight excluding hydrogens is 248 g/mol. The van der Waals surface area contributed by atoms with Crippen LogP contribution < -0.4 is 5.73 Å². The Balaban J connectivity index is 1.91. The van der Waals surface area contributed by atoms with E-state index in [1.807, 2.05) is 17.8 Å². The predicted octanol–water partition coefficient (Wildman–Crippen LogP) is 2.89. The minimum Gasteiger partial charge on any atom is -0.323 e. The molecule has 1 heterocycles. The summed E-state index contributed by atoms with van der Waals surface area (Å²) in [7, 11) is 0. The Morgan fingerprint density at radius 1 is 1.15 bits per heavy atom. The Morgan fingerprint density at radius 3 is 2.80 bits per heavy atom. The first-order valence-electron chi connectivity index (χ1n) is 6.90. The van der Waals surface area contributed by atoms with Crippen molar-refractivity contribution in [3.63, 3.8) is 0 Å². The molecule has 0 fully saturated rings. The molecule has 0 amide bonds. The molecule has 0 radical (unpaired) electrons. The van der Waals surface area contributed by atoms with Gasteiger partial charge in [-0.25, -0.2) is 4.68 Å². The van der Waals surface area contributed by atoms with Gasteiger partial charge in [-0.2, -0.15) is 0 Å². The zero-order chi connectivity index (χ0) is 13.9. The first-order valence-corrected chi connectivity index (χ1v) is 6.90. The van der Waals surface area contributed by atoms with Crippen molar-refractivity contribution < 1.29 is 0 Å². The Labute approximate surface area is 118 Å². The number of rotatable bonds is 4. The minimum absolute atomic E-state index is 0.0312. The van der Waals surface area contributed by atoms with Crippen LogP contribution in [-0.2, 0) is 6.54 Å². The van der Waals surface area contributed by atoms with Crippen molar-refractivity contribution in [2.45, 2.75) is 25.9 Å². The lowest BCUT2D eigenvalue weighted by Crippen LogP contribution is -2.08. The van der Waals surface area contributed by atoms with Crippen molar-refractivity contribution >= 4 is 10.8 Å². The van der Waals surface area contributed by atoms with Gasteiger partial charge >= 0.3 is 0 Å². The van der Waals surface area contributed by atoms with Crippen LogP contribution in [0, 0.1) is 0 Å². The highest BCUT2D eigenvalue weighted by molar-refractivity contribution is 5.85. The monoisotopic (exact) mass is 266 g/mol. The molecule has 0 aliphatic heterocycles. The number of nitrogens with two attached hydrogens (primary N) is 1. The van der Waals surface area contributed by atoms with E-state index >= 15 is 0 Å². The normalized spacial score (nSPS) is 12.7. The van der Waals surface area contributed by atoms with Gasteiger partial charge < -0.3 is 5.73 Å². The van der Waals surface area contributed by atoms with Gasteiger partial charge in [0.2, 0.25) is 0 Å². The van der Waals surface area contributed by atoms with Gasteiger partial charge in [-0.3, -0.25) is 0 Å². The lowest BCUT2D eigenvalue weighted by molar-refractivity contribution is 0.646. The lowest BCUT2D eigenvalue weighted by Gasteiger charge is -2.06. The second kappa shape index (κ2) is 5.43. The van der Waals surface area contributed by atoms with Gasteiger partial charge in [-0.15, -0.1) is 5.10 Å². The van der Waals surface area contributed by atoms with Crippen molar-refractivity contribution in [2.75, 3.05) is 0 Å². The summed E-state index contributed by atoms with van der Waals surface area (Å²) >= 11 is 0. The van der Waals surface area contributed by atoms with Crippen molar-refractivity contribution in [3.05, 3.63) is 59.9 Å². The number of benzene rings is 2. The van der Waals surface area contributed by atoms with Crippen LogP contribution in [-0.4, -0.2) is 15.0 Å². The molecule has 0 aliphatic carbocycles. The van der Waals surface area contributed by atoms with E-state index in [1.54, 1.807) is 0 Å². The summed E-state index contributed by atoms with van der Waals surface area (Å²) in [6.45, 7) is 2.76. The third-order valence-electron chi connectivity index (χ3n) is 3.59. The minimum atomic E-state index is -0.0312. The zero-order valence-corrected chi connectivity index (χ0v) is 11.5. The second-order valence-electron chi connectivity index (χ2n) is 4.99. The summed E-state index contributed by atoms with van der Waals surface area (Å²) in [6.07, 6.45) is 2.81. The number of nitrogens with zero attached hydrogens (tertiary/aromatic N) is 3. The number of aromatic nitrogens is 3.